The van der Waals surface area contributed by atoms with Crippen LogP contribution in [0.1, 0.15) is 23.5 Å². The molecule has 0 bridgehead atoms. The molecule has 0 aliphatic carbocycles. The highest BCUT2D eigenvalue weighted by molar-refractivity contribution is 9.10. The molecule has 20 heavy (non-hydrogen) atoms. The highest BCUT2D eigenvalue weighted by Crippen LogP contribution is 2.23. The Morgan fingerprint density at radius 3 is 2.25 bits per heavy atom. The van der Waals surface area contributed by atoms with E-state index < -0.39 is 0 Å². The number of benzene rings is 2. The van der Waals surface area contributed by atoms with Crippen molar-refractivity contribution in [1.29, 1.82) is 0 Å². The first kappa shape index (κ1) is 15.6. The van der Waals surface area contributed by atoms with Crippen molar-refractivity contribution in [2.24, 2.45) is 0 Å². The molecule has 3 heteroatoms. The molecular formula is C17H18Br2O. The normalized spacial score (nSPS) is 12.2. The lowest BCUT2D eigenvalue weighted by atomic mass is 9.97. The van der Waals surface area contributed by atoms with Crippen LogP contribution in [0, 0.1) is 6.92 Å². The predicted octanol–water partition coefficient (Wildman–Crippen LogP) is 5.71. The van der Waals surface area contributed by atoms with Gasteiger partial charge in [0.25, 0.3) is 0 Å². The van der Waals surface area contributed by atoms with Crippen LogP contribution in [-0.4, -0.2) is 11.9 Å². The van der Waals surface area contributed by atoms with E-state index in [0.29, 0.717) is 5.92 Å². The minimum atomic E-state index is 0.492. The Morgan fingerprint density at radius 2 is 1.65 bits per heavy atom. The minimum Gasteiger partial charge on any atom is -0.494 e. The highest BCUT2D eigenvalue weighted by atomic mass is 79.9. The zero-order valence-electron chi connectivity index (χ0n) is 11.5. The highest BCUT2D eigenvalue weighted by Gasteiger charge is 2.10. The molecule has 0 amide bonds. The third-order valence-corrected chi connectivity index (χ3v) is 4.59. The number of rotatable bonds is 6. The van der Waals surface area contributed by atoms with Crippen LogP contribution in [-0.2, 0) is 0 Å². The van der Waals surface area contributed by atoms with Gasteiger partial charge in [-0.3, -0.25) is 0 Å². The SMILES string of the molecule is Cc1ccc(C(CBr)CCOc2ccc(Br)cc2)cc1. The number of aryl methyl sites for hydroxylation is 1. The Kier molecular flexibility index (Phi) is 6.11. The van der Waals surface area contributed by atoms with Crippen LogP contribution in [0.3, 0.4) is 0 Å². The van der Waals surface area contributed by atoms with Crippen LogP contribution in [0.4, 0.5) is 0 Å². The summed E-state index contributed by atoms with van der Waals surface area (Å²) in [5.74, 6) is 1.41. The van der Waals surface area contributed by atoms with E-state index in [-0.39, 0.29) is 0 Å². The van der Waals surface area contributed by atoms with Crippen LogP contribution in [0.2, 0.25) is 0 Å². The van der Waals surface area contributed by atoms with Crippen molar-refractivity contribution in [2.75, 3.05) is 11.9 Å². The van der Waals surface area contributed by atoms with Gasteiger partial charge in [0, 0.05) is 9.80 Å². The zero-order chi connectivity index (χ0) is 14.4. The van der Waals surface area contributed by atoms with E-state index in [4.69, 9.17) is 4.74 Å². The quantitative estimate of drug-likeness (QED) is 0.567. The maximum atomic E-state index is 5.80. The molecule has 2 rings (SSSR count). The standard InChI is InChI=1S/C17H18Br2O/c1-13-2-4-14(5-3-13)15(12-18)10-11-20-17-8-6-16(19)7-9-17/h2-9,15H,10-12H2,1H3. The monoisotopic (exact) mass is 396 g/mol. The van der Waals surface area contributed by atoms with Gasteiger partial charge in [-0.2, -0.15) is 0 Å². The van der Waals surface area contributed by atoms with Gasteiger partial charge in [-0.15, -0.1) is 0 Å². The summed E-state index contributed by atoms with van der Waals surface area (Å²) in [4.78, 5) is 0. The van der Waals surface area contributed by atoms with Gasteiger partial charge in [0.05, 0.1) is 6.61 Å². The van der Waals surface area contributed by atoms with Crippen LogP contribution in [0.5, 0.6) is 5.75 Å². The van der Waals surface area contributed by atoms with Crippen molar-refractivity contribution >= 4 is 31.9 Å². The molecule has 2 aromatic carbocycles. The maximum Gasteiger partial charge on any atom is 0.119 e. The van der Waals surface area contributed by atoms with Gasteiger partial charge in [0.2, 0.25) is 0 Å². The van der Waals surface area contributed by atoms with Gasteiger partial charge in [0.15, 0.2) is 0 Å². The Bertz CT molecular complexity index is 520. The smallest absolute Gasteiger partial charge is 0.119 e. The van der Waals surface area contributed by atoms with E-state index in [0.717, 1.165) is 28.6 Å². The van der Waals surface area contributed by atoms with E-state index in [1.54, 1.807) is 0 Å². The number of ether oxygens (including phenoxy) is 1. The summed E-state index contributed by atoms with van der Waals surface area (Å²) in [7, 11) is 0. The summed E-state index contributed by atoms with van der Waals surface area (Å²) in [6.45, 7) is 2.84. The van der Waals surface area contributed by atoms with E-state index >= 15 is 0 Å². The Hall–Kier alpha value is -0.800. The molecule has 1 nitrogen and oxygen atoms in total. The van der Waals surface area contributed by atoms with E-state index in [2.05, 4.69) is 63.0 Å². The summed E-state index contributed by atoms with van der Waals surface area (Å²) in [6.07, 6.45) is 1.00. The van der Waals surface area contributed by atoms with Crippen molar-refractivity contribution in [2.45, 2.75) is 19.3 Å². The van der Waals surface area contributed by atoms with Gasteiger partial charge < -0.3 is 4.74 Å². The van der Waals surface area contributed by atoms with Crippen molar-refractivity contribution in [3.8, 4) is 5.75 Å². The summed E-state index contributed by atoms with van der Waals surface area (Å²) in [6, 6.07) is 16.7. The van der Waals surface area contributed by atoms with Crippen LogP contribution >= 0.6 is 31.9 Å². The fourth-order valence-corrected chi connectivity index (χ4v) is 2.98. The third-order valence-electron chi connectivity index (χ3n) is 3.28. The number of alkyl halides is 1. The van der Waals surface area contributed by atoms with Crippen LogP contribution < -0.4 is 4.74 Å². The fourth-order valence-electron chi connectivity index (χ4n) is 2.02. The third kappa shape index (κ3) is 4.64. The van der Waals surface area contributed by atoms with E-state index in [9.17, 15) is 0 Å². The molecule has 0 aliphatic heterocycles. The molecule has 0 saturated carbocycles. The molecule has 0 aliphatic rings. The van der Waals surface area contributed by atoms with E-state index in [1.807, 2.05) is 24.3 Å². The molecular weight excluding hydrogens is 380 g/mol. The fraction of sp³-hybridized carbons (Fsp3) is 0.294. The topological polar surface area (TPSA) is 9.23 Å². The number of halogens is 2. The lowest BCUT2D eigenvalue weighted by Gasteiger charge is -2.15. The molecule has 0 N–H and O–H groups in total. The Morgan fingerprint density at radius 1 is 1.00 bits per heavy atom. The summed E-state index contributed by atoms with van der Waals surface area (Å²) in [5, 5.41) is 0.958. The van der Waals surface area contributed by atoms with Gasteiger partial charge in [-0.05, 0) is 49.1 Å². The second kappa shape index (κ2) is 7.84. The minimum absolute atomic E-state index is 0.492. The first-order valence-corrected chi connectivity index (χ1v) is 8.61. The van der Waals surface area contributed by atoms with Crippen molar-refractivity contribution in [1.82, 2.24) is 0 Å². The number of hydrogen-bond acceptors (Lipinski definition) is 1. The largest absolute Gasteiger partial charge is 0.494 e. The Labute approximate surface area is 137 Å². The second-order valence-electron chi connectivity index (χ2n) is 4.85. The van der Waals surface area contributed by atoms with Crippen molar-refractivity contribution in [3.63, 3.8) is 0 Å². The molecule has 2 aromatic rings. The molecule has 0 aromatic heterocycles. The zero-order valence-corrected chi connectivity index (χ0v) is 14.7. The molecule has 0 fully saturated rings. The molecule has 0 saturated heterocycles. The maximum absolute atomic E-state index is 5.80. The predicted molar refractivity (Wildman–Crippen MR) is 92.0 cm³/mol. The molecule has 106 valence electrons. The second-order valence-corrected chi connectivity index (χ2v) is 6.42. The lowest BCUT2D eigenvalue weighted by Crippen LogP contribution is -2.07. The lowest BCUT2D eigenvalue weighted by molar-refractivity contribution is 0.301. The molecule has 0 heterocycles. The molecule has 1 atom stereocenters. The molecule has 0 spiro atoms. The first-order chi connectivity index (χ1) is 9.69. The van der Waals surface area contributed by atoms with Gasteiger partial charge in [0.1, 0.15) is 5.75 Å². The van der Waals surface area contributed by atoms with Crippen molar-refractivity contribution < 1.29 is 4.74 Å². The average Bonchev–Trinajstić information content (AvgIpc) is 2.47. The van der Waals surface area contributed by atoms with Crippen LogP contribution in [0.15, 0.2) is 53.0 Å². The number of hydrogen-bond donors (Lipinski definition) is 0. The summed E-state index contributed by atoms with van der Waals surface area (Å²) < 4.78 is 6.87. The Balaban J connectivity index is 1.87. The molecule has 0 radical (unpaired) electrons. The van der Waals surface area contributed by atoms with Crippen molar-refractivity contribution in [3.05, 3.63) is 64.1 Å². The van der Waals surface area contributed by atoms with E-state index in [1.165, 1.54) is 11.1 Å². The average molecular weight is 398 g/mol. The van der Waals surface area contributed by atoms with Crippen LogP contribution in [0.25, 0.3) is 0 Å². The van der Waals surface area contributed by atoms with Gasteiger partial charge in [-0.1, -0.05) is 61.7 Å². The summed E-state index contributed by atoms with van der Waals surface area (Å²) >= 11 is 7.03. The van der Waals surface area contributed by atoms with Gasteiger partial charge in [-0.25, -0.2) is 0 Å². The molecule has 1 unspecified atom stereocenters. The first-order valence-electron chi connectivity index (χ1n) is 6.70. The van der Waals surface area contributed by atoms with Gasteiger partial charge >= 0.3 is 0 Å². The summed E-state index contributed by atoms with van der Waals surface area (Å²) in [5.41, 5.74) is 2.67.